The Morgan fingerprint density at radius 2 is 2.57 bits per heavy atom. The van der Waals surface area contributed by atoms with Crippen LogP contribution in [0.2, 0.25) is 0 Å². The molecule has 0 aromatic carbocycles. The van der Waals surface area contributed by atoms with Crippen molar-refractivity contribution in [3.05, 3.63) is 26.5 Å². The second-order valence-corrected chi connectivity index (χ2v) is 3.46. The first kappa shape index (κ1) is 10.5. The summed E-state index contributed by atoms with van der Waals surface area (Å²) in [5, 5.41) is 14.3. The molecule has 0 fully saturated rings. The summed E-state index contributed by atoms with van der Waals surface area (Å²) in [6, 6.07) is 0. The van der Waals surface area contributed by atoms with Crippen LogP contribution in [0.5, 0.6) is 0 Å². The minimum absolute atomic E-state index is 0.0741. The molecule has 1 aromatic rings. The maximum absolute atomic E-state index is 10.3. The number of carbonyl (C=O) groups is 1. The van der Waals surface area contributed by atoms with Gasteiger partial charge in [0.2, 0.25) is 0 Å². The Labute approximate surface area is 83.8 Å². The van der Waals surface area contributed by atoms with Gasteiger partial charge in [0.05, 0.1) is 23.7 Å². The van der Waals surface area contributed by atoms with Crippen LogP contribution >= 0.6 is 11.3 Å². The van der Waals surface area contributed by atoms with Crippen molar-refractivity contribution in [1.82, 2.24) is 4.98 Å². The van der Waals surface area contributed by atoms with E-state index in [4.69, 9.17) is 10.6 Å². The van der Waals surface area contributed by atoms with E-state index in [1.165, 1.54) is 11.3 Å². The van der Waals surface area contributed by atoms with E-state index in [-0.39, 0.29) is 13.0 Å². The van der Waals surface area contributed by atoms with E-state index in [1.807, 2.05) is 0 Å². The van der Waals surface area contributed by atoms with Gasteiger partial charge in [-0.3, -0.25) is 4.79 Å². The molecule has 0 spiro atoms. The van der Waals surface area contributed by atoms with Crippen LogP contribution in [0.4, 0.5) is 0 Å². The van der Waals surface area contributed by atoms with Gasteiger partial charge in [-0.05, 0) is 5.53 Å². The highest BCUT2D eigenvalue weighted by Gasteiger charge is 2.03. The molecule has 0 radical (unpaired) electrons. The number of aliphatic carboxylic acids is 1. The third kappa shape index (κ3) is 3.42. The van der Waals surface area contributed by atoms with E-state index in [1.54, 1.807) is 5.38 Å². The van der Waals surface area contributed by atoms with Crippen LogP contribution in [-0.2, 0) is 17.8 Å². The predicted molar refractivity (Wildman–Crippen MR) is 50.9 cm³/mol. The van der Waals surface area contributed by atoms with Gasteiger partial charge >= 0.3 is 5.97 Å². The molecular formula is C7H8N4O2S. The number of aryl methyl sites for hydroxylation is 1. The number of rotatable bonds is 5. The molecule has 0 amide bonds. The number of hydrogen-bond donors (Lipinski definition) is 1. The van der Waals surface area contributed by atoms with Crippen LogP contribution in [-0.4, -0.2) is 16.1 Å². The van der Waals surface area contributed by atoms with Crippen LogP contribution in [0.15, 0.2) is 10.5 Å². The van der Waals surface area contributed by atoms with E-state index in [9.17, 15) is 4.79 Å². The molecule has 1 aromatic heterocycles. The second-order valence-electron chi connectivity index (χ2n) is 2.52. The zero-order valence-electron chi connectivity index (χ0n) is 7.25. The monoisotopic (exact) mass is 212 g/mol. The third-order valence-corrected chi connectivity index (χ3v) is 2.35. The van der Waals surface area contributed by atoms with Crippen LogP contribution in [0.25, 0.3) is 10.4 Å². The predicted octanol–water partition coefficient (Wildman–Crippen LogP) is 1.97. The summed E-state index contributed by atoms with van der Waals surface area (Å²) in [4.78, 5) is 17.0. The number of thiazole rings is 1. The van der Waals surface area contributed by atoms with Crippen LogP contribution in [0, 0.1) is 0 Å². The second kappa shape index (κ2) is 5.21. The van der Waals surface area contributed by atoms with Crippen molar-refractivity contribution in [2.75, 3.05) is 0 Å². The molecule has 0 aliphatic rings. The lowest BCUT2D eigenvalue weighted by atomic mass is 10.2. The SMILES string of the molecule is [N-]=[N+]=NCc1nc(CCC(=O)O)cs1. The molecule has 1 N–H and O–H groups in total. The topological polar surface area (TPSA) is 99.0 Å². The number of carboxylic acid groups (broad SMARTS) is 1. The molecule has 0 aliphatic heterocycles. The number of azide groups is 1. The maximum Gasteiger partial charge on any atom is 0.303 e. The molecule has 0 atom stereocenters. The fourth-order valence-electron chi connectivity index (χ4n) is 0.863. The largest absolute Gasteiger partial charge is 0.481 e. The Balaban J connectivity index is 2.50. The molecule has 7 heteroatoms. The summed E-state index contributed by atoms with van der Waals surface area (Å²) in [5.74, 6) is -0.838. The zero-order chi connectivity index (χ0) is 10.4. The average Bonchev–Trinajstić information content (AvgIpc) is 2.59. The Kier molecular flexibility index (Phi) is 3.90. The third-order valence-electron chi connectivity index (χ3n) is 1.46. The van der Waals surface area contributed by atoms with E-state index in [2.05, 4.69) is 15.0 Å². The first-order valence-corrected chi connectivity index (χ1v) is 4.76. The number of hydrogen-bond acceptors (Lipinski definition) is 4. The smallest absolute Gasteiger partial charge is 0.303 e. The fraction of sp³-hybridized carbons (Fsp3) is 0.429. The highest BCUT2D eigenvalue weighted by molar-refractivity contribution is 7.09. The van der Waals surface area contributed by atoms with Crippen LogP contribution in [0.1, 0.15) is 17.1 Å². The highest BCUT2D eigenvalue weighted by atomic mass is 32.1. The van der Waals surface area contributed by atoms with Gasteiger partial charge in [-0.25, -0.2) is 4.98 Å². The average molecular weight is 212 g/mol. The van der Waals surface area contributed by atoms with Gasteiger partial charge in [-0.15, -0.1) is 11.3 Å². The van der Waals surface area contributed by atoms with Crippen molar-refractivity contribution in [1.29, 1.82) is 0 Å². The number of aromatic nitrogens is 1. The maximum atomic E-state index is 10.3. The summed E-state index contributed by atoms with van der Waals surface area (Å²) in [5.41, 5.74) is 8.80. The number of carboxylic acids is 1. The lowest BCUT2D eigenvalue weighted by Gasteiger charge is -1.90. The van der Waals surface area contributed by atoms with Crippen molar-refractivity contribution in [3.63, 3.8) is 0 Å². The van der Waals surface area contributed by atoms with Crippen LogP contribution in [0.3, 0.4) is 0 Å². The van der Waals surface area contributed by atoms with Crippen molar-refractivity contribution < 1.29 is 9.90 Å². The van der Waals surface area contributed by atoms with Gasteiger partial charge in [-0.1, -0.05) is 5.11 Å². The first-order valence-electron chi connectivity index (χ1n) is 3.88. The molecule has 1 rings (SSSR count). The molecule has 6 nitrogen and oxygen atoms in total. The van der Waals surface area contributed by atoms with E-state index in [0.717, 1.165) is 5.69 Å². The lowest BCUT2D eigenvalue weighted by Crippen LogP contribution is -1.97. The zero-order valence-corrected chi connectivity index (χ0v) is 8.07. The molecular weight excluding hydrogens is 204 g/mol. The molecule has 0 bridgehead atoms. The Bertz CT molecular complexity index is 370. The van der Waals surface area contributed by atoms with E-state index < -0.39 is 5.97 Å². The molecule has 0 saturated heterocycles. The molecule has 1 heterocycles. The van der Waals surface area contributed by atoms with Gasteiger partial charge in [-0.2, -0.15) is 0 Å². The Morgan fingerprint density at radius 3 is 3.21 bits per heavy atom. The molecule has 14 heavy (non-hydrogen) atoms. The summed E-state index contributed by atoms with van der Waals surface area (Å²) < 4.78 is 0. The van der Waals surface area contributed by atoms with Crippen molar-refractivity contribution in [2.45, 2.75) is 19.4 Å². The summed E-state index contributed by atoms with van der Waals surface area (Å²) >= 11 is 1.37. The highest BCUT2D eigenvalue weighted by Crippen LogP contribution is 2.12. The van der Waals surface area contributed by atoms with Gasteiger partial charge in [0.25, 0.3) is 0 Å². The summed E-state index contributed by atoms with van der Waals surface area (Å²) in [7, 11) is 0. The standard InChI is InChI=1S/C7H8N4O2S/c8-11-9-3-6-10-5(4-14-6)1-2-7(12)13/h4H,1-3H2,(H,12,13). The van der Waals surface area contributed by atoms with E-state index in [0.29, 0.717) is 11.4 Å². The summed E-state index contributed by atoms with van der Waals surface area (Å²) in [6.07, 6.45) is 0.493. The molecule has 0 aliphatic carbocycles. The van der Waals surface area contributed by atoms with Gasteiger partial charge in [0.15, 0.2) is 0 Å². The van der Waals surface area contributed by atoms with Crippen molar-refractivity contribution in [3.8, 4) is 0 Å². The van der Waals surface area contributed by atoms with Gasteiger partial charge < -0.3 is 5.11 Å². The van der Waals surface area contributed by atoms with Gasteiger partial charge in [0, 0.05) is 16.7 Å². The minimum atomic E-state index is -0.838. The quantitative estimate of drug-likeness (QED) is 0.458. The first-order chi connectivity index (χ1) is 6.72. The molecule has 0 unspecified atom stereocenters. The van der Waals surface area contributed by atoms with E-state index >= 15 is 0 Å². The normalized spacial score (nSPS) is 9.43. The van der Waals surface area contributed by atoms with Gasteiger partial charge in [0.1, 0.15) is 0 Å². The fourth-order valence-corrected chi connectivity index (χ4v) is 1.61. The van der Waals surface area contributed by atoms with Crippen molar-refractivity contribution >= 4 is 17.3 Å². The Morgan fingerprint density at radius 1 is 1.79 bits per heavy atom. The molecule has 74 valence electrons. The Hall–Kier alpha value is -1.59. The van der Waals surface area contributed by atoms with Crippen LogP contribution < -0.4 is 0 Å². The minimum Gasteiger partial charge on any atom is -0.481 e. The lowest BCUT2D eigenvalue weighted by molar-refractivity contribution is -0.136. The number of nitrogens with zero attached hydrogens (tertiary/aromatic N) is 4. The molecule has 0 saturated carbocycles. The summed E-state index contributed by atoms with van der Waals surface area (Å²) in [6.45, 7) is 0.230. The van der Waals surface area contributed by atoms with Crippen molar-refractivity contribution in [2.24, 2.45) is 5.11 Å².